The Bertz CT molecular complexity index is 777. The highest BCUT2D eigenvalue weighted by molar-refractivity contribution is 5.82. The van der Waals surface area contributed by atoms with Crippen LogP contribution >= 0.6 is 0 Å². The molecule has 0 spiro atoms. The molecule has 1 amide bonds. The highest BCUT2D eigenvalue weighted by atomic mass is 19.2. The number of carbonyl (C=O) groups excluding carboxylic acids is 1. The second-order valence-electron chi connectivity index (χ2n) is 7.15. The van der Waals surface area contributed by atoms with Crippen molar-refractivity contribution in [3.8, 4) is 5.75 Å². The summed E-state index contributed by atoms with van der Waals surface area (Å²) >= 11 is 0. The molecule has 1 aliphatic heterocycles. The van der Waals surface area contributed by atoms with Crippen molar-refractivity contribution in [3.05, 3.63) is 65.7 Å². The number of benzene rings is 2. The number of halogens is 2. The van der Waals surface area contributed by atoms with Gasteiger partial charge in [-0.2, -0.15) is 0 Å². The molecule has 3 rings (SSSR count). The smallest absolute Gasteiger partial charge is 0.268 e. The molecular formula is C22H26F2N2O2. The number of amides is 1. The molecule has 0 bridgehead atoms. The van der Waals surface area contributed by atoms with Gasteiger partial charge >= 0.3 is 0 Å². The maximum absolute atomic E-state index is 13.6. The Labute approximate surface area is 164 Å². The molecule has 2 aromatic carbocycles. The van der Waals surface area contributed by atoms with Gasteiger partial charge in [-0.15, -0.1) is 0 Å². The van der Waals surface area contributed by atoms with Crippen molar-refractivity contribution in [3.63, 3.8) is 0 Å². The number of nitrogens with one attached hydrogen (secondary N) is 1. The zero-order valence-electron chi connectivity index (χ0n) is 16.0. The van der Waals surface area contributed by atoms with Crippen LogP contribution in [0.15, 0.2) is 48.5 Å². The summed E-state index contributed by atoms with van der Waals surface area (Å²) in [5, 5.41) is 3.17. The van der Waals surface area contributed by atoms with Crippen LogP contribution in [-0.4, -0.2) is 37.5 Å². The first kappa shape index (κ1) is 20.3. The van der Waals surface area contributed by atoms with Crippen molar-refractivity contribution in [2.75, 3.05) is 26.7 Å². The van der Waals surface area contributed by atoms with E-state index in [1.165, 1.54) is 6.07 Å². The van der Waals surface area contributed by atoms with Gasteiger partial charge in [0.15, 0.2) is 11.6 Å². The van der Waals surface area contributed by atoms with Crippen molar-refractivity contribution >= 4 is 5.91 Å². The number of hydrogen-bond acceptors (Lipinski definition) is 3. The molecule has 1 heterocycles. The fraction of sp³-hybridized carbons (Fsp3) is 0.409. The summed E-state index contributed by atoms with van der Waals surface area (Å²) in [6.07, 6.45) is 2.13. The van der Waals surface area contributed by atoms with E-state index in [1.807, 2.05) is 42.3 Å². The van der Waals surface area contributed by atoms with Gasteiger partial charge in [-0.25, -0.2) is 8.78 Å². The minimum atomic E-state index is -0.998. The molecule has 1 atom stereocenters. The fourth-order valence-electron chi connectivity index (χ4n) is 3.53. The highest BCUT2D eigenvalue weighted by Gasteiger charge is 2.30. The molecule has 1 unspecified atom stereocenters. The molecule has 150 valence electrons. The van der Waals surface area contributed by atoms with Gasteiger partial charge in [0.1, 0.15) is 5.75 Å². The van der Waals surface area contributed by atoms with Gasteiger partial charge in [-0.3, -0.25) is 4.79 Å². The molecule has 2 aromatic rings. The van der Waals surface area contributed by atoms with Crippen LogP contribution in [0.2, 0.25) is 0 Å². The molecule has 1 saturated heterocycles. The van der Waals surface area contributed by atoms with Crippen LogP contribution in [0.4, 0.5) is 8.78 Å². The fourth-order valence-corrected chi connectivity index (χ4v) is 3.53. The number of hydrogen-bond donors (Lipinski definition) is 1. The summed E-state index contributed by atoms with van der Waals surface area (Å²) in [7, 11) is 1.94. The van der Waals surface area contributed by atoms with E-state index in [0.29, 0.717) is 24.6 Å². The number of nitrogens with zero attached hydrogens (tertiary/aromatic N) is 1. The Hall–Kier alpha value is -2.47. The van der Waals surface area contributed by atoms with Crippen LogP contribution in [0.1, 0.15) is 30.9 Å². The van der Waals surface area contributed by atoms with E-state index >= 15 is 0 Å². The van der Waals surface area contributed by atoms with E-state index in [-0.39, 0.29) is 11.7 Å². The summed E-state index contributed by atoms with van der Waals surface area (Å²) in [6, 6.07) is 12.4. The van der Waals surface area contributed by atoms with Crippen molar-refractivity contribution in [1.82, 2.24) is 10.2 Å². The molecule has 1 N–H and O–H groups in total. The van der Waals surface area contributed by atoms with Crippen molar-refractivity contribution in [1.29, 1.82) is 0 Å². The maximum atomic E-state index is 13.6. The SMILES string of the molecule is CNCCC1CCN(C(=O)C(Oc2ccc(F)c(F)c2)c2ccccc2)CC1. The van der Waals surface area contributed by atoms with Gasteiger partial charge in [0.25, 0.3) is 5.91 Å². The largest absolute Gasteiger partial charge is 0.476 e. The van der Waals surface area contributed by atoms with Gasteiger partial charge in [0, 0.05) is 24.7 Å². The average molecular weight is 388 g/mol. The topological polar surface area (TPSA) is 41.6 Å². The molecule has 4 nitrogen and oxygen atoms in total. The zero-order valence-corrected chi connectivity index (χ0v) is 16.0. The van der Waals surface area contributed by atoms with Crippen LogP contribution in [0.25, 0.3) is 0 Å². The van der Waals surface area contributed by atoms with E-state index in [2.05, 4.69) is 5.32 Å². The van der Waals surface area contributed by atoms with Crippen molar-refractivity contribution in [2.24, 2.45) is 5.92 Å². The number of likely N-dealkylation sites (tertiary alicyclic amines) is 1. The highest BCUT2D eigenvalue weighted by Crippen LogP contribution is 2.28. The standard InChI is InChI=1S/C22H26F2N2O2/c1-25-12-9-16-10-13-26(14-11-16)22(27)21(17-5-3-2-4-6-17)28-18-7-8-19(23)20(24)15-18/h2-8,15-16,21,25H,9-14H2,1H3. The Morgan fingerprint density at radius 2 is 1.86 bits per heavy atom. The number of ether oxygens (including phenoxy) is 1. The third kappa shape index (κ3) is 5.07. The summed E-state index contributed by atoms with van der Waals surface area (Å²) in [5.74, 6) is -1.35. The van der Waals surface area contributed by atoms with E-state index in [1.54, 1.807) is 0 Å². The molecule has 6 heteroatoms. The lowest BCUT2D eigenvalue weighted by Crippen LogP contribution is -2.42. The molecule has 28 heavy (non-hydrogen) atoms. The van der Waals surface area contributed by atoms with Gasteiger partial charge in [-0.1, -0.05) is 30.3 Å². The van der Waals surface area contributed by atoms with Gasteiger partial charge < -0.3 is 15.0 Å². The lowest BCUT2D eigenvalue weighted by molar-refractivity contribution is -0.140. The van der Waals surface area contributed by atoms with Crippen molar-refractivity contribution < 1.29 is 18.3 Å². The lowest BCUT2D eigenvalue weighted by atomic mass is 9.93. The molecule has 0 saturated carbocycles. The van der Waals surface area contributed by atoms with Crippen LogP contribution < -0.4 is 10.1 Å². The Kier molecular flexibility index (Phi) is 6.98. The molecular weight excluding hydrogens is 362 g/mol. The minimum Gasteiger partial charge on any atom is -0.476 e. The molecule has 0 aliphatic carbocycles. The molecule has 0 aromatic heterocycles. The third-order valence-corrected chi connectivity index (χ3v) is 5.20. The predicted octanol–water partition coefficient (Wildman–Crippen LogP) is 3.93. The minimum absolute atomic E-state index is 0.130. The number of carbonyl (C=O) groups is 1. The number of piperidine rings is 1. The zero-order chi connectivity index (χ0) is 19.9. The van der Waals surface area contributed by atoms with Gasteiger partial charge in [-0.05, 0) is 50.9 Å². The summed E-state index contributed by atoms with van der Waals surface area (Å²) in [6.45, 7) is 2.33. The second kappa shape index (κ2) is 9.64. The van der Waals surface area contributed by atoms with E-state index < -0.39 is 17.7 Å². The third-order valence-electron chi connectivity index (χ3n) is 5.20. The van der Waals surface area contributed by atoms with Crippen LogP contribution in [0.5, 0.6) is 5.75 Å². The lowest BCUT2D eigenvalue weighted by Gasteiger charge is -2.34. The molecule has 1 fully saturated rings. The molecule has 0 radical (unpaired) electrons. The normalized spacial score (nSPS) is 16.0. The van der Waals surface area contributed by atoms with E-state index in [9.17, 15) is 13.6 Å². The average Bonchev–Trinajstić information content (AvgIpc) is 2.73. The molecule has 1 aliphatic rings. The van der Waals surface area contributed by atoms with E-state index in [0.717, 1.165) is 37.9 Å². The Morgan fingerprint density at radius 3 is 2.50 bits per heavy atom. The first-order valence-corrected chi connectivity index (χ1v) is 9.68. The predicted molar refractivity (Wildman–Crippen MR) is 104 cm³/mol. The summed E-state index contributed by atoms with van der Waals surface area (Å²) in [5.41, 5.74) is 0.689. The van der Waals surface area contributed by atoms with E-state index in [4.69, 9.17) is 4.74 Å². The van der Waals surface area contributed by atoms with Gasteiger partial charge in [0.05, 0.1) is 0 Å². The summed E-state index contributed by atoms with van der Waals surface area (Å²) in [4.78, 5) is 15.0. The van der Waals surface area contributed by atoms with Gasteiger partial charge in [0.2, 0.25) is 6.10 Å². The first-order chi connectivity index (χ1) is 13.6. The summed E-state index contributed by atoms with van der Waals surface area (Å²) < 4.78 is 32.6. The Morgan fingerprint density at radius 1 is 1.14 bits per heavy atom. The van der Waals surface area contributed by atoms with Crippen LogP contribution in [0, 0.1) is 17.6 Å². The quantitative estimate of drug-likeness (QED) is 0.781. The number of rotatable bonds is 7. The van der Waals surface area contributed by atoms with Crippen LogP contribution in [-0.2, 0) is 4.79 Å². The van der Waals surface area contributed by atoms with Crippen LogP contribution in [0.3, 0.4) is 0 Å². The first-order valence-electron chi connectivity index (χ1n) is 9.68. The monoisotopic (exact) mass is 388 g/mol. The Balaban J connectivity index is 1.74. The second-order valence-corrected chi connectivity index (χ2v) is 7.15. The maximum Gasteiger partial charge on any atom is 0.268 e. The van der Waals surface area contributed by atoms with Crippen molar-refractivity contribution in [2.45, 2.75) is 25.4 Å².